The van der Waals surface area contributed by atoms with Crippen LogP contribution in [0, 0.1) is 5.92 Å². The summed E-state index contributed by atoms with van der Waals surface area (Å²) in [5.41, 5.74) is 5.66. The van der Waals surface area contributed by atoms with E-state index in [2.05, 4.69) is 10.1 Å². The van der Waals surface area contributed by atoms with Crippen molar-refractivity contribution >= 4 is 11.8 Å². The first kappa shape index (κ1) is 19.3. The van der Waals surface area contributed by atoms with E-state index in [-0.39, 0.29) is 11.8 Å². The second kappa shape index (κ2) is 7.26. The fraction of sp³-hybridized carbons (Fsp3) is 0.364. The third kappa shape index (κ3) is 3.26. The standard InChI is InChI=1S/C22H22N4O5/c1-22-12-14(13-6-2-3-7-15(13)30-22)18(19(23)27)21(28)26(22)10-4-9-17-24-20(25-31-17)16-8-5-11-29-16/h2-3,5-8,11,14,18H,4,9-10,12H2,1H3,(H2,23,27)/t14-,18+,22-/m0/s1. The molecule has 0 unspecified atom stereocenters. The van der Waals surface area contributed by atoms with Crippen LogP contribution in [-0.2, 0) is 16.0 Å². The number of nitrogens with two attached hydrogens (primary N) is 1. The zero-order chi connectivity index (χ0) is 21.6. The van der Waals surface area contributed by atoms with Crippen LogP contribution >= 0.6 is 0 Å². The first-order valence-electron chi connectivity index (χ1n) is 10.2. The Balaban J connectivity index is 1.34. The molecule has 160 valence electrons. The molecule has 9 heteroatoms. The van der Waals surface area contributed by atoms with Gasteiger partial charge in [-0.05, 0) is 37.1 Å². The molecule has 0 aliphatic carbocycles. The fourth-order valence-electron chi connectivity index (χ4n) is 4.63. The molecule has 1 aromatic carbocycles. The number of primary amides is 1. The van der Waals surface area contributed by atoms with Crippen molar-refractivity contribution in [3.05, 3.63) is 54.1 Å². The molecule has 0 radical (unpaired) electrons. The molecule has 2 amide bonds. The van der Waals surface area contributed by atoms with Crippen LogP contribution in [0.3, 0.4) is 0 Å². The van der Waals surface area contributed by atoms with Gasteiger partial charge in [0.1, 0.15) is 11.7 Å². The van der Waals surface area contributed by atoms with Crippen LogP contribution in [0.5, 0.6) is 5.75 Å². The van der Waals surface area contributed by atoms with E-state index in [1.54, 1.807) is 23.3 Å². The highest BCUT2D eigenvalue weighted by Crippen LogP contribution is 2.50. The highest BCUT2D eigenvalue weighted by Gasteiger charge is 2.55. The lowest BCUT2D eigenvalue weighted by molar-refractivity contribution is -0.175. The molecule has 2 aliphatic heterocycles. The Morgan fingerprint density at radius 1 is 1.29 bits per heavy atom. The molecule has 5 rings (SSSR count). The molecule has 2 aliphatic rings. The Morgan fingerprint density at radius 2 is 2.13 bits per heavy atom. The Morgan fingerprint density at radius 3 is 2.90 bits per heavy atom. The van der Waals surface area contributed by atoms with E-state index >= 15 is 0 Å². The second-order valence-corrected chi connectivity index (χ2v) is 8.09. The molecule has 2 N–H and O–H groups in total. The Labute approximate surface area is 178 Å². The first-order chi connectivity index (χ1) is 15.0. The van der Waals surface area contributed by atoms with Gasteiger partial charge in [0.25, 0.3) is 0 Å². The van der Waals surface area contributed by atoms with Gasteiger partial charge in [-0.3, -0.25) is 9.59 Å². The number of ether oxygens (including phenoxy) is 1. The quantitative estimate of drug-likeness (QED) is 0.605. The summed E-state index contributed by atoms with van der Waals surface area (Å²) >= 11 is 0. The average molecular weight is 422 g/mol. The van der Waals surface area contributed by atoms with Gasteiger partial charge < -0.3 is 24.3 Å². The predicted molar refractivity (Wildman–Crippen MR) is 108 cm³/mol. The topological polar surface area (TPSA) is 125 Å². The number of carbonyl (C=O) groups excluding carboxylic acids is 2. The van der Waals surface area contributed by atoms with Crippen molar-refractivity contribution in [2.45, 2.75) is 37.8 Å². The number of hydrogen-bond acceptors (Lipinski definition) is 7. The van der Waals surface area contributed by atoms with Crippen molar-refractivity contribution in [3.8, 4) is 17.3 Å². The number of rotatable bonds is 6. The van der Waals surface area contributed by atoms with Crippen LogP contribution in [0.4, 0.5) is 0 Å². The molecule has 3 aromatic rings. The lowest BCUT2D eigenvalue weighted by Crippen LogP contribution is -2.64. The minimum atomic E-state index is -0.910. The minimum Gasteiger partial charge on any atom is -0.468 e. The number of benzene rings is 1. The summed E-state index contributed by atoms with van der Waals surface area (Å²) in [6.07, 6.45) is 3.07. The van der Waals surface area contributed by atoms with Crippen molar-refractivity contribution in [2.24, 2.45) is 11.7 Å². The van der Waals surface area contributed by atoms with Gasteiger partial charge >= 0.3 is 0 Å². The fourth-order valence-corrected chi connectivity index (χ4v) is 4.63. The number of para-hydroxylation sites is 1. The van der Waals surface area contributed by atoms with Gasteiger partial charge in [0.05, 0.1) is 6.26 Å². The van der Waals surface area contributed by atoms with Gasteiger partial charge in [-0.15, -0.1) is 0 Å². The number of likely N-dealkylation sites (tertiary alicyclic amines) is 1. The van der Waals surface area contributed by atoms with Gasteiger partial charge in [-0.1, -0.05) is 23.4 Å². The van der Waals surface area contributed by atoms with E-state index in [1.165, 1.54) is 0 Å². The van der Waals surface area contributed by atoms with Gasteiger partial charge in [-0.25, -0.2) is 0 Å². The summed E-state index contributed by atoms with van der Waals surface area (Å²) in [5.74, 6) is -0.0789. The summed E-state index contributed by atoms with van der Waals surface area (Å²) in [6.45, 7) is 2.25. The van der Waals surface area contributed by atoms with Crippen molar-refractivity contribution in [1.29, 1.82) is 0 Å². The molecule has 9 nitrogen and oxygen atoms in total. The van der Waals surface area contributed by atoms with Crippen LogP contribution in [0.1, 0.15) is 37.1 Å². The molecule has 2 bridgehead atoms. The molecule has 0 saturated carbocycles. The van der Waals surface area contributed by atoms with E-state index in [1.807, 2.05) is 31.2 Å². The summed E-state index contributed by atoms with van der Waals surface area (Å²) in [6, 6.07) is 11.0. The minimum absolute atomic E-state index is 0.289. The summed E-state index contributed by atoms with van der Waals surface area (Å²) < 4.78 is 16.8. The zero-order valence-electron chi connectivity index (χ0n) is 17.0. The van der Waals surface area contributed by atoms with Crippen LogP contribution in [0.2, 0.25) is 0 Å². The highest BCUT2D eigenvalue weighted by atomic mass is 16.5. The van der Waals surface area contributed by atoms with Crippen molar-refractivity contribution < 1.29 is 23.3 Å². The highest BCUT2D eigenvalue weighted by molar-refractivity contribution is 6.01. The first-order valence-corrected chi connectivity index (χ1v) is 10.2. The van der Waals surface area contributed by atoms with Gasteiger partial charge in [0, 0.05) is 25.3 Å². The summed E-state index contributed by atoms with van der Waals surface area (Å²) in [7, 11) is 0. The zero-order valence-corrected chi connectivity index (χ0v) is 17.0. The van der Waals surface area contributed by atoms with E-state index < -0.39 is 17.6 Å². The lowest BCUT2D eigenvalue weighted by Gasteiger charge is -2.52. The third-order valence-corrected chi connectivity index (χ3v) is 6.04. The van der Waals surface area contributed by atoms with Gasteiger partial charge in [-0.2, -0.15) is 4.98 Å². The van der Waals surface area contributed by atoms with Crippen molar-refractivity contribution in [1.82, 2.24) is 15.0 Å². The van der Waals surface area contributed by atoms with E-state index in [0.29, 0.717) is 49.0 Å². The van der Waals surface area contributed by atoms with E-state index in [9.17, 15) is 9.59 Å². The monoisotopic (exact) mass is 422 g/mol. The smallest absolute Gasteiger partial charge is 0.238 e. The normalized spacial score (nSPS) is 24.5. The lowest BCUT2D eigenvalue weighted by atomic mass is 9.73. The number of furan rings is 1. The maximum absolute atomic E-state index is 13.3. The molecule has 1 saturated heterocycles. The van der Waals surface area contributed by atoms with Crippen LogP contribution < -0.4 is 10.5 Å². The predicted octanol–water partition coefficient (Wildman–Crippen LogP) is 2.49. The maximum atomic E-state index is 13.3. The van der Waals surface area contributed by atoms with E-state index in [4.69, 9.17) is 19.4 Å². The number of fused-ring (bicyclic) bond motifs is 4. The van der Waals surface area contributed by atoms with Crippen LogP contribution in [0.25, 0.3) is 11.6 Å². The molecule has 3 atom stereocenters. The van der Waals surface area contributed by atoms with Gasteiger partial charge in [0.15, 0.2) is 11.5 Å². The molecule has 0 spiro atoms. The number of carbonyl (C=O) groups is 2. The number of amides is 2. The molecular weight excluding hydrogens is 400 g/mol. The number of piperidine rings is 1. The average Bonchev–Trinajstić information content (AvgIpc) is 3.42. The van der Waals surface area contributed by atoms with Crippen LogP contribution in [0.15, 0.2) is 51.6 Å². The summed E-state index contributed by atoms with van der Waals surface area (Å²) in [5, 5.41) is 3.92. The maximum Gasteiger partial charge on any atom is 0.238 e. The largest absolute Gasteiger partial charge is 0.468 e. The van der Waals surface area contributed by atoms with Crippen molar-refractivity contribution in [3.63, 3.8) is 0 Å². The second-order valence-electron chi connectivity index (χ2n) is 8.09. The molecule has 31 heavy (non-hydrogen) atoms. The van der Waals surface area contributed by atoms with Crippen LogP contribution in [-0.4, -0.2) is 39.1 Å². The van der Waals surface area contributed by atoms with Crippen molar-refractivity contribution in [2.75, 3.05) is 6.54 Å². The third-order valence-electron chi connectivity index (χ3n) is 6.04. The molecule has 2 aromatic heterocycles. The Bertz CT molecular complexity index is 1120. The number of aryl methyl sites for hydroxylation is 1. The number of nitrogens with zero attached hydrogens (tertiary/aromatic N) is 3. The number of aromatic nitrogens is 2. The molecule has 4 heterocycles. The number of hydrogen-bond donors (Lipinski definition) is 1. The Hall–Kier alpha value is -3.62. The SMILES string of the molecule is C[C@@]12C[C@@H](c3ccccc3O1)[C@H](C(N)=O)C(=O)N2CCCc1nc(-c2ccco2)no1. The molecule has 1 fully saturated rings. The summed E-state index contributed by atoms with van der Waals surface area (Å²) in [4.78, 5) is 31.5. The molecular formula is C22H22N4O5. The van der Waals surface area contributed by atoms with E-state index in [0.717, 1.165) is 5.56 Å². The van der Waals surface area contributed by atoms with Gasteiger partial charge in [0.2, 0.25) is 23.5 Å². The Kier molecular flexibility index (Phi) is 4.53.